The molecule has 2 aromatic carbocycles. The van der Waals surface area contributed by atoms with Crippen molar-refractivity contribution >= 4 is 29.5 Å². The van der Waals surface area contributed by atoms with E-state index in [0.717, 1.165) is 12.8 Å². The van der Waals surface area contributed by atoms with Gasteiger partial charge in [0.05, 0.1) is 11.3 Å². The third kappa shape index (κ3) is 7.10. The second kappa shape index (κ2) is 11.2. The van der Waals surface area contributed by atoms with Gasteiger partial charge in [0.2, 0.25) is 0 Å². The number of carbonyl (C=O) groups is 4. The number of benzene rings is 2. The van der Waals surface area contributed by atoms with Gasteiger partial charge >= 0.3 is 12.0 Å². The fourth-order valence-corrected chi connectivity index (χ4v) is 2.35. The summed E-state index contributed by atoms with van der Waals surface area (Å²) in [5, 5.41) is 7.25. The third-order valence-corrected chi connectivity index (χ3v) is 3.83. The second-order valence-electron chi connectivity index (χ2n) is 6.10. The van der Waals surface area contributed by atoms with Gasteiger partial charge in [-0.2, -0.15) is 0 Å². The first-order chi connectivity index (χ1) is 14.0. The molecule has 152 valence electrons. The van der Waals surface area contributed by atoms with Crippen LogP contribution in [0.4, 0.5) is 10.5 Å². The van der Waals surface area contributed by atoms with Crippen molar-refractivity contribution in [2.75, 3.05) is 18.5 Å². The van der Waals surface area contributed by atoms with Crippen LogP contribution in [-0.4, -0.2) is 37.0 Å². The number of ether oxygens (including phenoxy) is 1. The van der Waals surface area contributed by atoms with E-state index in [2.05, 4.69) is 16.0 Å². The molecule has 8 nitrogen and oxygen atoms in total. The van der Waals surface area contributed by atoms with Gasteiger partial charge in [0.1, 0.15) is 0 Å². The van der Waals surface area contributed by atoms with Gasteiger partial charge in [0, 0.05) is 12.1 Å². The lowest BCUT2D eigenvalue weighted by Crippen LogP contribution is -2.41. The van der Waals surface area contributed by atoms with E-state index in [9.17, 15) is 19.2 Å². The minimum atomic E-state index is -0.796. The Labute approximate surface area is 168 Å². The Morgan fingerprint density at radius 1 is 0.931 bits per heavy atom. The summed E-state index contributed by atoms with van der Waals surface area (Å²) in [4.78, 5) is 47.9. The van der Waals surface area contributed by atoms with Crippen molar-refractivity contribution in [3.05, 3.63) is 65.7 Å². The first kappa shape index (κ1) is 21.6. The summed E-state index contributed by atoms with van der Waals surface area (Å²) in [6.45, 7) is 1.80. The van der Waals surface area contributed by atoms with E-state index in [0.29, 0.717) is 12.1 Å². The fourth-order valence-electron chi connectivity index (χ4n) is 2.35. The second-order valence-corrected chi connectivity index (χ2v) is 6.10. The number of esters is 1. The highest BCUT2D eigenvalue weighted by Gasteiger charge is 2.17. The largest absolute Gasteiger partial charge is 0.452 e. The van der Waals surface area contributed by atoms with Gasteiger partial charge in [-0.15, -0.1) is 0 Å². The van der Waals surface area contributed by atoms with Gasteiger partial charge in [-0.25, -0.2) is 9.59 Å². The number of hydrogen-bond acceptors (Lipinski definition) is 5. The Hall–Kier alpha value is -3.68. The first-order valence-electron chi connectivity index (χ1n) is 9.21. The number of amides is 4. The van der Waals surface area contributed by atoms with Crippen LogP contribution in [0, 0.1) is 0 Å². The Balaban J connectivity index is 1.92. The van der Waals surface area contributed by atoms with Gasteiger partial charge in [-0.1, -0.05) is 43.7 Å². The van der Waals surface area contributed by atoms with Crippen LogP contribution in [0.25, 0.3) is 0 Å². The summed E-state index contributed by atoms with van der Waals surface area (Å²) < 4.78 is 4.96. The fraction of sp³-hybridized carbons (Fsp3) is 0.238. The molecule has 0 saturated carbocycles. The Bertz CT molecular complexity index is 868. The maximum atomic E-state index is 12.3. The molecule has 0 radical (unpaired) electrons. The number of hydrogen-bond donors (Lipinski definition) is 3. The van der Waals surface area contributed by atoms with E-state index >= 15 is 0 Å². The van der Waals surface area contributed by atoms with Crippen LogP contribution < -0.4 is 16.0 Å². The predicted molar refractivity (Wildman–Crippen MR) is 108 cm³/mol. The molecule has 29 heavy (non-hydrogen) atoms. The van der Waals surface area contributed by atoms with Crippen LogP contribution in [0.2, 0.25) is 0 Å². The van der Waals surface area contributed by atoms with Gasteiger partial charge in [0.15, 0.2) is 6.61 Å². The number of carbonyl (C=O) groups excluding carboxylic acids is 4. The molecule has 0 aliphatic carbocycles. The number of imide groups is 1. The molecule has 8 heteroatoms. The Kier molecular flexibility index (Phi) is 8.37. The average molecular weight is 397 g/mol. The number of unbranched alkanes of at least 4 members (excludes halogenated alkanes) is 1. The molecule has 4 amide bonds. The van der Waals surface area contributed by atoms with Crippen molar-refractivity contribution in [2.45, 2.75) is 19.8 Å². The zero-order valence-electron chi connectivity index (χ0n) is 16.1. The molecule has 0 aromatic heterocycles. The van der Waals surface area contributed by atoms with Gasteiger partial charge in [-0.3, -0.25) is 14.9 Å². The van der Waals surface area contributed by atoms with Crippen LogP contribution in [0.15, 0.2) is 54.6 Å². The van der Waals surface area contributed by atoms with Gasteiger partial charge in [0.25, 0.3) is 11.8 Å². The van der Waals surface area contributed by atoms with Crippen LogP contribution in [0.1, 0.15) is 40.5 Å². The molecule has 2 aromatic rings. The highest BCUT2D eigenvalue weighted by molar-refractivity contribution is 6.08. The average Bonchev–Trinajstić information content (AvgIpc) is 2.73. The lowest BCUT2D eigenvalue weighted by Gasteiger charge is -2.11. The first-order valence-corrected chi connectivity index (χ1v) is 9.21. The van der Waals surface area contributed by atoms with E-state index in [1.54, 1.807) is 48.5 Å². The van der Waals surface area contributed by atoms with Crippen molar-refractivity contribution in [1.82, 2.24) is 10.6 Å². The molecule has 0 bridgehead atoms. The molecule has 0 heterocycles. The Morgan fingerprint density at radius 3 is 2.34 bits per heavy atom. The topological polar surface area (TPSA) is 114 Å². The Morgan fingerprint density at radius 2 is 1.62 bits per heavy atom. The molecule has 0 saturated heterocycles. The third-order valence-electron chi connectivity index (χ3n) is 3.83. The molecular weight excluding hydrogens is 374 g/mol. The minimum Gasteiger partial charge on any atom is -0.452 e. The summed E-state index contributed by atoms with van der Waals surface area (Å²) in [6.07, 6.45) is 1.70. The van der Waals surface area contributed by atoms with E-state index < -0.39 is 24.5 Å². The van der Waals surface area contributed by atoms with Crippen LogP contribution in [0.3, 0.4) is 0 Å². The van der Waals surface area contributed by atoms with Gasteiger partial charge < -0.3 is 15.4 Å². The number of rotatable bonds is 8. The van der Waals surface area contributed by atoms with E-state index in [1.807, 2.05) is 6.92 Å². The maximum Gasteiger partial charge on any atom is 0.340 e. The summed E-state index contributed by atoms with van der Waals surface area (Å²) in [5.41, 5.74) is 0.783. The number of urea groups is 1. The molecule has 0 spiro atoms. The summed E-state index contributed by atoms with van der Waals surface area (Å²) in [5.74, 6) is -1.93. The summed E-state index contributed by atoms with van der Waals surface area (Å²) in [7, 11) is 0. The van der Waals surface area contributed by atoms with Crippen LogP contribution in [0.5, 0.6) is 0 Å². The SMILES string of the molecule is CCCCNC(=O)NC(=O)COC(=O)c1ccccc1NC(=O)c1ccccc1. The summed E-state index contributed by atoms with van der Waals surface area (Å²) in [6, 6.07) is 14.2. The summed E-state index contributed by atoms with van der Waals surface area (Å²) >= 11 is 0. The van der Waals surface area contributed by atoms with Crippen molar-refractivity contribution in [3.8, 4) is 0 Å². The molecule has 0 fully saturated rings. The molecule has 3 N–H and O–H groups in total. The molecule has 0 aliphatic rings. The number of anilines is 1. The lowest BCUT2D eigenvalue weighted by molar-refractivity contribution is -0.123. The lowest BCUT2D eigenvalue weighted by atomic mass is 10.1. The maximum absolute atomic E-state index is 12.3. The highest BCUT2D eigenvalue weighted by atomic mass is 16.5. The molecule has 0 aliphatic heterocycles. The van der Waals surface area contributed by atoms with Crippen LogP contribution >= 0.6 is 0 Å². The van der Waals surface area contributed by atoms with Crippen molar-refractivity contribution in [1.29, 1.82) is 0 Å². The van der Waals surface area contributed by atoms with E-state index in [1.165, 1.54) is 6.07 Å². The van der Waals surface area contributed by atoms with E-state index in [4.69, 9.17) is 4.74 Å². The molecule has 0 unspecified atom stereocenters. The number of nitrogens with one attached hydrogen (secondary N) is 3. The normalized spacial score (nSPS) is 9.97. The molecule has 2 rings (SSSR count). The standard InChI is InChI=1S/C21H23N3O5/c1-2-3-13-22-21(28)24-18(25)14-29-20(27)16-11-7-8-12-17(16)23-19(26)15-9-5-4-6-10-15/h4-12H,2-3,13-14H2,1H3,(H,23,26)(H2,22,24,25,28). The predicted octanol–water partition coefficient (Wildman–Crippen LogP) is 2.72. The smallest absolute Gasteiger partial charge is 0.340 e. The van der Waals surface area contributed by atoms with Crippen molar-refractivity contribution in [2.24, 2.45) is 0 Å². The monoisotopic (exact) mass is 397 g/mol. The van der Waals surface area contributed by atoms with Crippen LogP contribution in [-0.2, 0) is 9.53 Å². The molecule has 0 atom stereocenters. The van der Waals surface area contributed by atoms with Crippen molar-refractivity contribution < 1.29 is 23.9 Å². The quantitative estimate of drug-likeness (QED) is 0.468. The zero-order valence-corrected chi connectivity index (χ0v) is 16.1. The van der Waals surface area contributed by atoms with Gasteiger partial charge in [-0.05, 0) is 30.7 Å². The minimum absolute atomic E-state index is 0.0944. The highest BCUT2D eigenvalue weighted by Crippen LogP contribution is 2.17. The van der Waals surface area contributed by atoms with Crippen molar-refractivity contribution in [3.63, 3.8) is 0 Å². The zero-order chi connectivity index (χ0) is 21.1. The number of para-hydroxylation sites is 1. The van der Waals surface area contributed by atoms with E-state index in [-0.39, 0.29) is 17.2 Å². The molecular formula is C21H23N3O5.